The van der Waals surface area contributed by atoms with Crippen molar-refractivity contribution in [3.8, 4) is 0 Å². The summed E-state index contributed by atoms with van der Waals surface area (Å²) in [6.45, 7) is 1.72. The second kappa shape index (κ2) is 4.07. The highest BCUT2D eigenvalue weighted by Gasteiger charge is 2.03. The minimum atomic E-state index is 0. The van der Waals surface area contributed by atoms with Gasteiger partial charge in [-0.3, -0.25) is 4.79 Å². The Kier molecular flexibility index (Phi) is 3.70. The Hall–Kier alpha value is -1.09. The van der Waals surface area contributed by atoms with Gasteiger partial charge in [0.05, 0.1) is 0 Å². The summed E-state index contributed by atoms with van der Waals surface area (Å²) in [7, 11) is 0. The van der Waals surface area contributed by atoms with E-state index in [0.29, 0.717) is 23.2 Å². The van der Waals surface area contributed by atoms with Gasteiger partial charge in [0.2, 0.25) is 0 Å². The molecular weight excluding hydrogens is 176 g/mol. The van der Waals surface area contributed by atoms with Crippen LogP contribution >= 0.6 is 11.6 Å². The van der Waals surface area contributed by atoms with Crippen molar-refractivity contribution in [2.75, 3.05) is 5.73 Å². The van der Waals surface area contributed by atoms with Gasteiger partial charge in [0.1, 0.15) is 10.8 Å². The van der Waals surface area contributed by atoms with E-state index in [4.69, 9.17) is 17.3 Å². The minimum Gasteiger partial charge on any atom is -0.398 e. The van der Waals surface area contributed by atoms with Crippen LogP contribution in [0.3, 0.4) is 0 Å². The van der Waals surface area contributed by atoms with E-state index in [0.717, 1.165) is 0 Å². The molecule has 0 amide bonds. The van der Waals surface area contributed by atoms with Crippen molar-refractivity contribution in [2.24, 2.45) is 0 Å². The number of hydrogen-bond donors (Lipinski definition) is 1. The Morgan fingerprint density at radius 3 is 2.75 bits per heavy atom. The molecule has 2 N–H and O–H groups in total. The maximum Gasteiger partial charge on any atom is 0.168 e. The molecule has 1 aromatic heterocycles. The first kappa shape index (κ1) is 10.9. The van der Waals surface area contributed by atoms with E-state index < -0.39 is 0 Å². The molecule has 1 heterocycles. The molecule has 12 heavy (non-hydrogen) atoms. The summed E-state index contributed by atoms with van der Waals surface area (Å²) in [5.74, 6) is 0. The zero-order valence-corrected chi connectivity index (χ0v) is 6.72. The Bertz CT molecular complexity index is 299. The quantitative estimate of drug-likeness (QED) is 0.540. The molecule has 4 heteroatoms. The molecular formula is C8H11ClN2O. The summed E-state index contributed by atoms with van der Waals surface area (Å²) < 4.78 is 0. The molecule has 0 aliphatic carbocycles. The zero-order valence-electron chi connectivity index (χ0n) is 5.97. The first-order chi connectivity index (χ1) is 5.15. The Labute approximate surface area is 76.6 Å². The Balaban J connectivity index is 0.00000121. The fourth-order valence-electron chi connectivity index (χ4n) is 0.730. The third-order valence-electron chi connectivity index (χ3n) is 1.43. The van der Waals surface area contributed by atoms with Crippen molar-refractivity contribution >= 4 is 23.6 Å². The molecule has 66 valence electrons. The van der Waals surface area contributed by atoms with Gasteiger partial charge in [0, 0.05) is 11.3 Å². The Morgan fingerprint density at radius 1 is 1.67 bits per heavy atom. The smallest absolute Gasteiger partial charge is 0.168 e. The van der Waals surface area contributed by atoms with Gasteiger partial charge in [0.15, 0.2) is 6.29 Å². The summed E-state index contributed by atoms with van der Waals surface area (Å²) in [6.07, 6.45) is 0.636. The molecule has 0 saturated heterocycles. The van der Waals surface area contributed by atoms with E-state index in [1.165, 1.54) is 6.07 Å². The minimum absolute atomic E-state index is 0. The molecule has 0 spiro atoms. The van der Waals surface area contributed by atoms with Crippen LogP contribution in [0.2, 0.25) is 5.15 Å². The lowest BCUT2D eigenvalue weighted by molar-refractivity contribution is 0.111. The largest absolute Gasteiger partial charge is 0.398 e. The van der Waals surface area contributed by atoms with Crippen LogP contribution < -0.4 is 5.73 Å². The summed E-state index contributed by atoms with van der Waals surface area (Å²) in [4.78, 5) is 14.1. The molecule has 0 saturated carbocycles. The monoisotopic (exact) mass is 186 g/mol. The molecule has 0 aliphatic rings. The molecule has 3 nitrogen and oxygen atoms in total. The normalized spacial score (nSPS) is 8.83. The van der Waals surface area contributed by atoms with E-state index in [-0.39, 0.29) is 12.6 Å². The number of rotatable bonds is 1. The molecule has 0 radical (unpaired) electrons. The van der Waals surface area contributed by atoms with E-state index in [2.05, 4.69) is 4.98 Å². The SMILES string of the molecule is C.Cc1c(N)cc(Cl)nc1C=O. The second-order valence-corrected chi connectivity index (χ2v) is 2.55. The van der Waals surface area contributed by atoms with Crippen LogP contribution in [-0.4, -0.2) is 11.3 Å². The molecule has 0 aromatic carbocycles. The summed E-state index contributed by atoms with van der Waals surface area (Å²) in [5.41, 5.74) is 6.98. The van der Waals surface area contributed by atoms with Crippen molar-refractivity contribution in [1.82, 2.24) is 4.98 Å². The maximum atomic E-state index is 10.4. The lowest BCUT2D eigenvalue weighted by Crippen LogP contribution is -1.98. The van der Waals surface area contributed by atoms with Gasteiger partial charge in [-0.1, -0.05) is 19.0 Å². The highest BCUT2D eigenvalue weighted by atomic mass is 35.5. The predicted molar refractivity (Wildman–Crippen MR) is 50.5 cm³/mol. The number of carbonyl (C=O) groups excluding carboxylic acids is 1. The molecule has 0 atom stereocenters. The van der Waals surface area contributed by atoms with Crippen LogP contribution in [0.5, 0.6) is 0 Å². The number of halogens is 1. The van der Waals surface area contributed by atoms with Gasteiger partial charge >= 0.3 is 0 Å². The van der Waals surface area contributed by atoms with Crippen LogP contribution in [0.4, 0.5) is 5.69 Å². The van der Waals surface area contributed by atoms with E-state index >= 15 is 0 Å². The van der Waals surface area contributed by atoms with Gasteiger partial charge < -0.3 is 5.73 Å². The van der Waals surface area contributed by atoms with Crippen molar-refractivity contribution in [2.45, 2.75) is 14.4 Å². The number of carbonyl (C=O) groups is 1. The molecule has 0 aliphatic heterocycles. The first-order valence-corrected chi connectivity index (χ1v) is 3.40. The summed E-state index contributed by atoms with van der Waals surface area (Å²) in [6, 6.07) is 1.52. The predicted octanol–water partition coefficient (Wildman–Crippen LogP) is 2.07. The van der Waals surface area contributed by atoms with Crippen LogP contribution in [0.1, 0.15) is 23.5 Å². The second-order valence-electron chi connectivity index (χ2n) is 2.16. The summed E-state index contributed by atoms with van der Waals surface area (Å²) in [5, 5.41) is 0.246. The number of hydrogen-bond acceptors (Lipinski definition) is 3. The lowest BCUT2D eigenvalue weighted by atomic mass is 10.2. The maximum absolute atomic E-state index is 10.4. The van der Waals surface area contributed by atoms with Gasteiger partial charge in [-0.05, 0) is 13.0 Å². The molecule has 1 aromatic rings. The number of pyridine rings is 1. The van der Waals surface area contributed by atoms with Gasteiger partial charge in [0.25, 0.3) is 0 Å². The average Bonchev–Trinajstić information content (AvgIpc) is 1.96. The first-order valence-electron chi connectivity index (χ1n) is 3.03. The summed E-state index contributed by atoms with van der Waals surface area (Å²) >= 11 is 5.55. The van der Waals surface area contributed by atoms with Crippen molar-refractivity contribution in [3.05, 3.63) is 22.5 Å². The topological polar surface area (TPSA) is 56.0 Å². The van der Waals surface area contributed by atoms with Gasteiger partial charge in [-0.25, -0.2) is 4.98 Å². The number of nitrogens with two attached hydrogens (primary N) is 1. The van der Waals surface area contributed by atoms with E-state index in [1.54, 1.807) is 6.92 Å². The standard InChI is InChI=1S/C7H7ClN2O.CH4/c1-4-5(9)2-7(8)10-6(4)3-11;/h2-3H,1H3,(H2,9,10);1H4. The number of anilines is 1. The molecule has 0 fully saturated rings. The van der Waals surface area contributed by atoms with Gasteiger partial charge in [-0.2, -0.15) is 0 Å². The molecule has 0 bridgehead atoms. The molecule has 1 rings (SSSR count). The van der Waals surface area contributed by atoms with Gasteiger partial charge in [-0.15, -0.1) is 0 Å². The van der Waals surface area contributed by atoms with Crippen LogP contribution in [-0.2, 0) is 0 Å². The third-order valence-corrected chi connectivity index (χ3v) is 1.62. The average molecular weight is 187 g/mol. The highest BCUT2D eigenvalue weighted by molar-refractivity contribution is 6.29. The van der Waals surface area contributed by atoms with Crippen molar-refractivity contribution < 1.29 is 4.79 Å². The zero-order chi connectivity index (χ0) is 8.43. The van der Waals surface area contributed by atoms with Crippen molar-refractivity contribution in [3.63, 3.8) is 0 Å². The lowest BCUT2D eigenvalue weighted by Gasteiger charge is -2.01. The van der Waals surface area contributed by atoms with Crippen LogP contribution in [0.25, 0.3) is 0 Å². The van der Waals surface area contributed by atoms with Crippen molar-refractivity contribution in [1.29, 1.82) is 0 Å². The highest BCUT2D eigenvalue weighted by Crippen LogP contribution is 2.16. The fourth-order valence-corrected chi connectivity index (χ4v) is 0.939. The number of nitrogen functional groups attached to an aromatic ring is 1. The van der Waals surface area contributed by atoms with E-state index in [9.17, 15) is 4.79 Å². The van der Waals surface area contributed by atoms with Crippen LogP contribution in [0, 0.1) is 6.92 Å². The third kappa shape index (κ3) is 1.95. The Morgan fingerprint density at radius 2 is 2.25 bits per heavy atom. The van der Waals surface area contributed by atoms with Crippen LogP contribution in [0.15, 0.2) is 6.07 Å². The molecule has 0 unspecified atom stereocenters. The van der Waals surface area contributed by atoms with E-state index in [1.807, 2.05) is 0 Å². The number of nitrogens with zero attached hydrogens (tertiary/aromatic N) is 1. The fraction of sp³-hybridized carbons (Fsp3) is 0.250. The number of aldehydes is 1. The number of aromatic nitrogens is 1.